The van der Waals surface area contributed by atoms with Gasteiger partial charge < -0.3 is 20.9 Å². The molecule has 4 N–H and O–H groups in total. The van der Waals surface area contributed by atoms with Crippen molar-refractivity contribution in [3.63, 3.8) is 0 Å². The lowest BCUT2D eigenvalue weighted by Crippen LogP contribution is -2.56. The predicted molar refractivity (Wildman–Crippen MR) is 186 cm³/mol. The van der Waals surface area contributed by atoms with Crippen molar-refractivity contribution >= 4 is 34.1 Å². The van der Waals surface area contributed by atoms with Crippen molar-refractivity contribution in [1.29, 1.82) is 0 Å². The minimum atomic E-state index is -3.76. The van der Waals surface area contributed by atoms with E-state index in [2.05, 4.69) is 5.32 Å². The van der Waals surface area contributed by atoms with E-state index in [-0.39, 0.29) is 29.5 Å². The topological polar surface area (TPSA) is 102 Å². The maximum atomic E-state index is 16.6. The van der Waals surface area contributed by atoms with Crippen LogP contribution in [-0.4, -0.2) is 35.0 Å². The molecule has 3 saturated carbocycles. The fourth-order valence-corrected chi connectivity index (χ4v) is 8.45. The second kappa shape index (κ2) is 13.8. The number of hydrogen-bond donors (Lipinski definition) is 3. The molecule has 1 amide bonds. The minimum absolute atomic E-state index is 0.0735. The molecule has 4 aromatic rings. The fourth-order valence-electron chi connectivity index (χ4n) is 8.32. The Labute approximate surface area is 290 Å². The molecule has 0 radical (unpaired) electrons. The molecule has 4 atom stereocenters. The van der Waals surface area contributed by atoms with Gasteiger partial charge in [-0.05, 0) is 121 Å². The average Bonchev–Trinajstić information content (AvgIpc) is 3.71. The minimum Gasteiger partial charge on any atom is -0.490 e. The molecular weight excluding hydrogens is 646 g/mol. The average molecular weight is 687 g/mol. The summed E-state index contributed by atoms with van der Waals surface area (Å²) in [6, 6.07) is 21.1. The summed E-state index contributed by atoms with van der Waals surface area (Å²) < 4.78 is 39.3. The summed E-state index contributed by atoms with van der Waals surface area (Å²) in [5, 5.41) is 15.7. The van der Waals surface area contributed by atoms with Gasteiger partial charge in [-0.25, -0.2) is 0 Å². The first-order valence-corrected chi connectivity index (χ1v) is 17.7. The Morgan fingerprint density at radius 2 is 1.43 bits per heavy atom. The molecule has 49 heavy (non-hydrogen) atoms. The summed E-state index contributed by atoms with van der Waals surface area (Å²) in [6.07, 6.45) is 5.47. The molecule has 7 rings (SSSR count). The SMILES string of the molecule is NC1CC2CCC(C1)C2C(=O)[C@@H](NC(=O)[C@@H](O)c1ccc2cc(OC3CCCC3)ccc2c1)C(F)(F)c1ccc(-c2ccc(Cl)cc2)cc1. The molecular formula is C40H41ClF2N2O4. The zero-order valence-corrected chi connectivity index (χ0v) is 27.9. The summed E-state index contributed by atoms with van der Waals surface area (Å²) >= 11 is 6.01. The Bertz CT molecular complexity index is 1810. The summed E-state index contributed by atoms with van der Waals surface area (Å²) in [4.78, 5) is 27.8. The van der Waals surface area contributed by atoms with Crippen LogP contribution in [-0.2, 0) is 15.5 Å². The number of aliphatic hydroxyl groups excluding tert-OH is 1. The van der Waals surface area contributed by atoms with Gasteiger partial charge in [0.1, 0.15) is 5.75 Å². The predicted octanol–water partition coefficient (Wildman–Crippen LogP) is 8.12. The summed E-state index contributed by atoms with van der Waals surface area (Å²) in [6.45, 7) is 0. The zero-order valence-electron chi connectivity index (χ0n) is 27.2. The number of aliphatic hydroxyl groups is 1. The first-order chi connectivity index (χ1) is 23.6. The molecule has 3 fully saturated rings. The Kier molecular flexibility index (Phi) is 9.48. The number of carbonyl (C=O) groups is 2. The molecule has 2 unspecified atom stereocenters. The van der Waals surface area contributed by atoms with Crippen LogP contribution in [0.25, 0.3) is 21.9 Å². The Hall–Kier alpha value is -3.85. The Balaban J connectivity index is 1.14. The number of rotatable bonds is 10. The van der Waals surface area contributed by atoms with Crippen molar-refractivity contribution in [3.8, 4) is 16.9 Å². The van der Waals surface area contributed by atoms with E-state index in [0.717, 1.165) is 60.6 Å². The first-order valence-electron chi connectivity index (χ1n) is 17.3. The molecule has 3 aliphatic rings. The lowest BCUT2D eigenvalue weighted by Gasteiger charge is -2.37. The van der Waals surface area contributed by atoms with Gasteiger partial charge in [0, 0.05) is 22.5 Å². The third-order valence-corrected chi connectivity index (χ3v) is 11.1. The van der Waals surface area contributed by atoms with Crippen LogP contribution >= 0.6 is 11.6 Å². The summed E-state index contributed by atoms with van der Waals surface area (Å²) in [5.41, 5.74) is 7.56. The van der Waals surface area contributed by atoms with Gasteiger partial charge in [-0.15, -0.1) is 0 Å². The Morgan fingerprint density at radius 3 is 2.08 bits per heavy atom. The van der Waals surface area contributed by atoms with Gasteiger partial charge in [0.15, 0.2) is 17.9 Å². The molecule has 0 saturated heterocycles. The van der Waals surface area contributed by atoms with Crippen molar-refractivity contribution in [2.24, 2.45) is 23.5 Å². The van der Waals surface area contributed by atoms with Gasteiger partial charge in [-0.1, -0.05) is 66.2 Å². The van der Waals surface area contributed by atoms with Crippen molar-refractivity contribution in [2.45, 2.75) is 81.6 Å². The third-order valence-electron chi connectivity index (χ3n) is 10.8. The van der Waals surface area contributed by atoms with Gasteiger partial charge in [0.05, 0.1) is 6.10 Å². The number of amides is 1. The number of Topliss-reactive ketones (excluding diaryl/α,β-unsaturated/α-hetero) is 1. The van der Waals surface area contributed by atoms with E-state index < -0.39 is 41.2 Å². The molecule has 0 spiro atoms. The quantitative estimate of drug-likeness (QED) is 0.156. The number of halogens is 3. The number of carbonyl (C=O) groups excluding carboxylic acids is 2. The van der Waals surface area contributed by atoms with Gasteiger partial charge in [0.2, 0.25) is 0 Å². The molecule has 0 aromatic heterocycles. The van der Waals surface area contributed by atoms with Crippen LogP contribution in [0.2, 0.25) is 5.02 Å². The van der Waals surface area contributed by atoms with Crippen LogP contribution in [0.3, 0.4) is 0 Å². The van der Waals surface area contributed by atoms with Crippen LogP contribution in [0.1, 0.15) is 68.6 Å². The van der Waals surface area contributed by atoms with E-state index >= 15 is 8.78 Å². The normalized spacial score (nSPS) is 23.7. The standard InChI is InChI=1S/C40H41ClF2N2O4/c41-31-16-11-24(12-17-31)23-9-14-30(15-10-23)40(42,43)38(37(47)35-27-6-7-28(35)21-32(44)20-27)45-39(48)36(46)29-8-5-26-22-34(18-13-25(26)19-29)49-33-3-1-2-4-33/h5,8-19,22,27-28,32-33,35-36,38,46H,1-4,6-7,20-21,44H2,(H,45,48)/t27?,28?,32?,35?,36-,38+/m0/s1. The highest BCUT2D eigenvalue weighted by atomic mass is 35.5. The van der Waals surface area contributed by atoms with Crippen LogP contribution in [0, 0.1) is 17.8 Å². The molecule has 3 aliphatic carbocycles. The van der Waals surface area contributed by atoms with E-state index in [0.29, 0.717) is 23.4 Å². The molecule has 0 heterocycles. The van der Waals surface area contributed by atoms with Crippen LogP contribution in [0.5, 0.6) is 5.75 Å². The largest absolute Gasteiger partial charge is 0.490 e. The lowest BCUT2D eigenvalue weighted by atomic mass is 9.72. The van der Waals surface area contributed by atoms with E-state index in [1.54, 1.807) is 54.6 Å². The van der Waals surface area contributed by atoms with E-state index in [9.17, 15) is 14.7 Å². The monoisotopic (exact) mass is 686 g/mol. The summed E-state index contributed by atoms with van der Waals surface area (Å²) in [5.74, 6) is -5.64. The fraction of sp³-hybridized carbons (Fsp3) is 0.400. The van der Waals surface area contributed by atoms with Crippen LogP contribution < -0.4 is 15.8 Å². The molecule has 256 valence electrons. The second-order valence-corrected chi connectivity index (χ2v) is 14.5. The maximum Gasteiger partial charge on any atom is 0.300 e. The number of benzene rings is 4. The van der Waals surface area contributed by atoms with Gasteiger partial charge >= 0.3 is 0 Å². The van der Waals surface area contributed by atoms with E-state index in [1.165, 1.54) is 12.1 Å². The molecule has 0 aliphatic heterocycles. The molecule has 9 heteroatoms. The van der Waals surface area contributed by atoms with Crippen LogP contribution in [0.4, 0.5) is 8.78 Å². The lowest BCUT2D eigenvalue weighted by molar-refractivity contribution is -0.148. The number of ketones is 1. The Morgan fingerprint density at radius 1 is 0.837 bits per heavy atom. The number of fused-ring (bicyclic) bond motifs is 3. The first kappa shape index (κ1) is 33.6. The van der Waals surface area contributed by atoms with Gasteiger partial charge in [0.25, 0.3) is 11.8 Å². The zero-order chi connectivity index (χ0) is 34.3. The molecule has 6 nitrogen and oxygen atoms in total. The summed E-state index contributed by atoms with van der Waals surface area (Å²) in [7, 11) is 0. The number of hydrogen-bond acceptors (Lipinski definition) is 5. The highest BCUT2D eigenvalue weighted by molar-refractivity contribution is 6.30. The van der Waals surface area contributed by atoms with E-state index in [1.807, 2.05) is 18.2 Å². The number of nitrogens with one attached hydrogen (secondary N) is 1. The second-order valence-electron chi connectivity index (χ2n) is 14.1. The maximum absolute atomic E-state index is 16.6. The van der Waals surface area contributed by atoms with Crippen molar-refractivity contribution < 1.29 is 28.2 Å². The number of ether oxygens (including phenoxy) is 1. The van der Waals surface area contributed by atoms with E-state index in [4.69, 9.17) is 22.1 Å². The highest BCUT2D eigenvalue weighted by Crippen LogP contribution is 2.49. The van der Waals surface area contributed by atoms with Crippen molar-refractivity contribution in [1.82, 2.24) is 5.32 Å². The van der Waals surface area contributed by atoms with Gasteiger partial charge in [-0.2, -0.15) is 8.78 Å². The van der Waals surface area contributed by atoms with Gasteiger partial charge in [-0.3, -0.25) is 9.59 Å². The smallest absolute Gasteiger partial charge is 0.300 e. The van der Waals surface area contributed by atoms with Crippen LogP contribution in [0.15, 0.2) is 84.9 Å². The number of nitrogens with two attached hydrogens (primary N) is 1. The molecule has 4 aromatic carbocycles. The van der Waals surface area contributed by atoms with Crippen molar-refractivity contribution in [2.75, 3.05) is 0 Å². The van der Waals surface area contributed by atoms with Crippen molar-refractivity contribution in [3.05, 3.63) is 101 Å². The third kappa shape index (κ3) is 6.96. The number of alkyl halides is 2. The molecule has 2 bridgehead atoms. The highest BCUT2D eigenvalue weighted by Gasteiger charge is 2.54.